The Balaban J connectivity index is 1.32. The first-order valence-electron chi connectivity index (χ1n) is 14.0. The van der Waals surface area contributed by atoms with Gasteiger partial charge in [-0.3, -0.25) is 0 Å². The van der Waals surface area contributed by atoms with E-state index in [1.165, 1.54) is 24.4 Å². The van der Waals surface area contributed by atoms with E-state index in [2.05, 4.69) is 35.7 Å². The average molecular weight is 635 g/mol. The van der Waals surface area contributed by atoms with E-state index in [0.717, 1.165) is 5.56 Å². The molecule has 1 aliphatic rings. The summed E-state index contributed by atoms with van der Waals surface area (Å²) in [5, 5.41) is 20.3. The predicted octanol–water partition coefficient (Wildman–Crippen LogP) is 5.16. The Morgan fingerprint density at radius 3 is 2.48 bits per heavy atom. The van der Waals surface area contributed by atoms with E-state index in [4.69, 9.17) is 13.8 Å². The van der Waals surface area contributed by atoms with Crippen LogP contribution in [0.1, 0.15) is 31.1 Å². The van der Waals surface area contributed by atoms with Crippen molar-refractivity contribution in [1.29, 1.82) is 0 Å². The minimum Gasteiger partial charge on any atom is -0.398 e. The molecule has 46 heavy (non-hydrogen) atoms. The summed E-state index contributed by atoms with van der Waals surface area (Å²) in [5.74, 6) is 0.0618. The van der Waals surface area contributed by atoms with Gasteiger partial charge in [-0.2, -0.15) is 23.1 Å². The maximum absolute atomic E-state index is 14.4. The Morgan fingerprint density at radius 2 is 1.74 bits per heavy atom. The van der Waals surface area contributed by atoms with Crippen molar-refractivity contribution in [3.05, 3.63) is 90.0 Å². The maximum Gasteiger partial charge on any atom is 0.496 e. The van der Waals surface area contributed by atoms with E-state index in [1.54, 1.807) is 32.0 Å². The molecule has 5 aromatic rings. The summed E-state index contributed by atoms with van der Waals surface area (Å²) in [6.07, 6.45) is -3.10. The topological polar surface area (TPSA) is 140 Å². The summed E-state index contributed by atoms with van der Waals surface area (Å²) >= 11 is 0. The monoisotopic (exact) mass is 635 g/mol. The van der Waals surface area contributed by atoms with Crippen LogP contribution in [-0.4, -0.2) is 56.7 Å². The van der Waals surface area contributed by atoms with Gasteiger partial charge < -0.3 is 29.6 Å². The van der Waals surface area contributed by atoms with Crippen molar-refractivity contribution in [3.8, 4) is 22.8 Å². The Morgan fingerprint density at radius 1 is 0.978 bits per heavy atom. The van der Waals surface area contributed by atoms with Crippen LogP contribution in [0.4, 0.5) is 35.1 Å². The normalized spacial score (nSPS) is 14.6. The van der Waals surface area contributed by atoms with Crippen LogP contribution in [0.25, 0.3) is 22.8 Å². The van der Waals surface area contributed by atoms with Crippen LogP contribution in [0.2, 0.25) is 0 Å². The van der Waals surface area contributed by atoms with Crippen LogP contribution < -0.4 is 16.1 Å². The number of aliphatic hydroxyl groups excluding tert-OH is 1. The molecule has 6 rings (SSSR count). The highest BCUT2D eigenvalue weighted by Crippen LogP contribution is 2.33. The van der Waals surface area contributed by atoms with Crippen molar-refractivity contribution in [1.82, 2.24) is 25.1 Å². The van der Waals surface area contributed by atoms with Gasteiger partial charge in [0.05, 0.1) is 29.5 Å². The molecule has 0 fully saturated rings. The number of aliphatic hydroxyl groups is 1. The number of alkyl halides is 3. The molecule has 0 saturated heterocycles. The van der Waals surface area contributed by atoms with Crippen molar-refractivity contribution < 1.29 is 36.5 Å². The molecule has 2 aromatic carbocycles. The number of pyridine rings is 1. The van der Waals surface area contributed by atoms with Crippen LogP contribution in [0, 0.1) is 5.82 Å². The summed E-state index contributed by atoms with van der Waals surface area (Å²) in [5.41, 5.74) is 0.898. The van der Waals surface area contributed by atoms with Crippen LogP contribution >= 0.6 is 0 Å². The summed E-state index contributed by atoms with van der Waals surface area (Å²) in [6.45, 7) is 1.58. The molecule has 0 radical (unpaired) electrons. The molecule has 3 N–H and O–H groups in total. The minimum atomic E-state index is -4.52. The minimum absolute atomic E-state index is 0.00323. The smallest absolute Gasteiger partial charge is 0.398 e. The quantitative estimate of drug-likeness (QED) is 0.139. The van der Waals surface area contributed by atoms with Crippen molar-refractivity contribution in [2.24, 2.45) is 0 Å². The Hall–Kier alpha value is -4.93. The molecule has 236 valence electrons. The highest BCUT2D eigenvalue weighted by atomic mass is 19.4. The third-order valence-corrected chi connectivity index (χ3v) is 7.05. The Kier molecular flexibility index (Phi) is 8.42. The number of nitrogens with one attached hydrogen (secondary N) is 2. The van der Waals surface area contributed by atoms with Gasteiger partial charge in [-0.05, 0) is 37.6 Å². The number of anilines is 3. The molecule has 0 bridgehead atoms. The lowest BCUT2D eigenvalue weighted by Gasteiger charge is -2.20. The standard InChI is InChI=1S/C30H26BF4N7O4/c1-29(2)24-20(31(46-29)44-16-30(33,34)35)12-13-23(38-24)39-28-36-14-19(25(41-28)37-22(15-43)17-8-4-3-5-9-17)27-40-26(42-45-27)18-10-6-7-11-21(18)32/h3-14,22,43H,15-16H2,1-2H3,(H2,36,37,38,39,41)/t22-/m1/s1. The second-order valence-corrected chi connectivity index (χ2v) is 10.8. The van der Waals surface area contributed by atoms with Gasteiger partial charge in [0.25, 0.3) is 5.89 Å². The molecule has 0 spiro atoms. The van der Waals surface area contributed by atoms with Crippen LogP contribution in [-0.2, 0) is 14.9 Å². The molecule has 3 aromatic heterocycles. The number of nitrogens with zero attached hydrogens (tertiary/aromatic N) is 5. The van der Waals surface area contributed by atoms with E-state index in [9.17, 15) is 22.7 Å². The molecule has 0 amide bonds. The van der Waals surface area contributed by atoms with Crippen LogP contribution in [0.15, 0.2) is 77.4 Å². The zero-order valence-corrected chi connectivity index (χ0v) is 24.4. The van der Waals surface area contributed by atoms with Crippen molar-refractivity contribution in [2.45, 2.75) is 31.7 Å². The first-order chi connectivity index (χ1) is 22.0. The second-order valence-electron chi connectivity index (χ2n) is 10.8. The molecule has 0 saturated carbocycles. The lowest BCUT2D eigenvalue weighted by Crippen LogP contribution is -2.36. The first kappa shape index (κ1) is 31.1. The van der Waals surface area contributed by atoms with Gasteiger partial charge in [-0.1, -0.05) is 53.7 Å². The molecule has 0 unspecified atom stereocenters. The number of rotatable bonds is 10. The summed E-state index contributed by atoms with van der Waals surface area (Å²) < 4.78 is 68.9. The summed E-state index contributed by atoms with van der Waals surface area (Å²) in [4.78, 5) is 17.9. The van der Waals surface area contributed by atoms with E-state index in [-0.39, 0.29) is 47.0 Å². The first-order valence-corrected chi connectivity index (χ1v) is 14.0. The molecule has 1 aliphatic heterocycles. The number of aromatic nitrogens is 5. The van der Waals surface area contributed by atoms with Crippen molar-refractivity contribution >= 4 is 30.2 Å². The van der Waals surface area contributed by atoms with Gasteiger partial charge in [-0.15, -0.1) is 0 Å². The molecule has 0 aliphatic carbocycles. The number of halogens is 4. The van der Waals surface area contributed by atoms with Gasteiger partial charge in [0.15, 0.2) is 0 Å². The SMILES string of the molecule is CC1(C)OB(OCC(F)(F)F)c2ccc(Nc3ncc(-c4nc(-c5ccccc5F)no4)c(N[C@H](CO)c4ccccc4)n3)nc21. The second kappa shape index (κ2) is 12.5. The van der Waals surface area contributed by atoms with Gasteiger partial charge >= 0.3 is 13.3 Å². The van der Waals surface area contributed by atoms with Crippen molar-refractivity contribution in [2.75, 3.05) is 23.8 Å². The Labute approximate surface area is 260 Å². The lowest BCUT2D eigenvalue weighted by molar-refractivity contribution is -0.157. The fraction of sp³-hybridized carbons (Fsp3) is 0.233. The molecule has 1 atom stereocenters. The van der Waals surface area contributed by atoms with E-state index in [1.807, 2.05) is 30.3 Å². The highest BCUT2D eigenvalue weighted by Gasteiger charge is 2.46. The van der Waals surface area contributed by atoms with Crippen LogP contribution in [0.5, 0.6) is 0 Å². The maximum atomic E-state index is 14.4. The fourth-order valence-electron chi connectivity index (χ4n) is 4.89. The zero-order valence-electron chi connectivity index (χ0n) is 24.4. The molecule has 11 nitrogen and oxygen atoms in total. The highest BCUT2D eigenvalue weighted by molar-refractivity contribution is 6.63. The van der Waals surface area contributed by atoms with Gasteiger partial charge in [0.2, 0.25) is 11.8 Å². The van der Waals surface area contributed by atoms with Gasteiger partial charge in [-0.25, -0.2) is 14.4 Å². The van der Waals surface area contributed by atoms with E-state index in [0.29, 0.717) is 11.2 Å². The number of fused-ring (bicyclic) bond motifs is 1. The third kappa shape index (κ3) is 6.68. The molecular formula is C30H26BF4N7O4. The van der Waals surface area contributed by atoms with Gasteiger partial charge in [0.1, 0.15) is 29.6 Å². The number of hydrogen-bond acceptors (Lipinski definition) is 11. The average Bonchev–Trinajstić information content (AvgIpc) is 3.61. The lowest BCUT2D eigenvalue weighted by atomic mass is 9.80. The predicted molar refractivity (Wildman–Crippen MR) is 160 cm³/mol. The van der Waals surface area contributed by atoms with E-state index >= 15 is 0 Å². The Bertz CT molecular complexity index is 1840. The fourth-order valence-corrected chi connectivity index (χ4v) is 4.89. The van der Waals surface area contributed by atoms with Gasteiger partial charge in [0, 0.05) is 11.7 Å². The van der Waals surface area contributed by atoms with E-state index < -0.39 is 37.4 Å². The summed E-state index contributed by atoms with van der Waals surface area (Å²) in [7, 11) is -1.24. The number of hydrogen-bond donors (Lipinski definition) is 3. The van der Waals surface area contributed by atoms with Crippen LogP contribution in [0.3, 0.4) is 0 Å². The third-order valence-electron chi connectivity index (χ3n) is 7.05. The molecule has 16 heteroatoms. The summed E-state index contributed by atoms with van der Waals surface area (Å²) in [6, 6.07) is 17.7. The van der Waals surface area contributed by atoms with Crippen molar-refractivity contribution in [3.63, 3.8) is 0 Å². The molecule has 4 heterocycles. The number of benzene rings is 2. The zero-order chi connectivity index (χ0) is 32.5. The largest absolute Gasteiger partial charge is 0.496 e. The molecular weight excluding hydrogens is 609 g/mol.